The van der Waals surface area contributed by atoms with Crippen LogP contribution < -0.4 is 10.6 Å². The number of carbonyl (C=O) groups is 3. The van der Waals surface area contributed by atoms with Crippen molar-refractivity contribution in [2.45, 2.75) is 65.4 Å². The SMILES string of the molecule is Cc1ccc(CCC(=O)N2CCC(CNC(=O)CCNC(=O)OC(C)(C)C)CC2)cc1. The predicted octanol–water partition coefficient (Wildman–Crippen LogP) is 3.20. The van der Waals surface area contributed by atoms with Crippen LogP contribution in [0.1, 0.15) is 57.6 Å². The molecule has 1 aromatic carbocycles. The number of ether oxygens (including phenoxy) is 1. The Hall–Kier alpha value is -2.57. The molecule has 0 aliphatic carbocycles. The number of carbonyl (C=O) groups excluding carboxylic acids is 3. The van der Waals surface area contributed by atoms with Gasteiger partial charge in [0.15, 0.2) is 0 Å². The molecule has 1 fully saturated rings. The summed E-state index contributed by atoms with van der Waals surface area (Å²) in [7, 11) is 0. The first-order valence-electron chi connectivity index (χ1n) is 11.2. The van der Waals surface area contributed by atoms with E-state index in [0.717, 1.165) is 32.4 Å². The summed E-state index contributed by atoms with van der Waals surface area (Å²) in [6.07, 6.45) is 2.80. The number of hydrogen-bond acceptors (Lipinski definition) is 4. The number of nitrogens with one attached hydrogen (secondary N) is 2. The van der Waals surface area contributed by atoms with Gasteiger partial charge in [0.05, 0.1) is 0 Å². The fourth-order valence-corrected chi connectivity index (χ4v) is 3.49. The molecule has 3 amide bonds. The van der Waals surface area contributed by atoms with E-state index in [4.69, 9.17) is 4.74 Å². The Morgan fingerprint density at radius 1 is 1.03 bits per heavy atom. The average Bonchev–Trinajstić information content (AvgIpc) is 2.70. The molecule has 1 heterocycles. The van der Waals surface area contributed by atoms with E-state index in [2.05, 4.69) is 41.8 Å². The van der Waals surface area contributed by atoms with E-state index >= 15 is 0 Å². The molecule has 0 spiro atoms. The van der Waals surface area contributed by atoms with Crippen molar-refractivity contribution in [3.05, 3.63) is 35.4 Å². The Bertz CT molecular complexity index is 732. The first kappa shape index (κ1) is 24.7. The summed E-state index contributed by atoms with van der Waals surface area (Å²) in [6, 6.07) is 8.32. The molecule has 1 saturated heterocycles. The van der Waals surface area contributed by atoms with Gasteiger partial charge in [0.1, 0.15) is 5.60 Å². The summed E-state index contributed by atoms with van der Waals surface area (Å²) in [5.41, 5.74) is 1.87. The van der Waals surface area contributed by atoms with Crippen LogP contribution in [-0.2, 0) is 20.7 Å². The van der Waals surface area contributed by atoms with Gasteiger partial charge in [-0.1, -0.05) is 29.8 Å². The predicted molar refractivity (Wildman–Crippen MR) is 121 cm³/mol. The minimum absolute atomic E-state index is 0.0901. The fourth-order valence-electron chi connectivity index (χ4n) is 3.49. The maximum absolute atomic E-state index is 12.5. The van der Waals surface area contributed by atoms with E-state index in [9.17, 15) is 14.4 Å². The van der Waals surface area contributed by atoms with Crippen LogP contribution in [0.2, 0.25) is 0 Å². The number of hydrogen-bond donors (Lipinski definition) is 2. The molecule has 0 unspecified atom stereocenters. The minimum Gasteiger partial charge on any atom is -0.444 e. The standard InChI is InChI=1S/C24H37N3O4/c1-18-5-7-19(8-6-18)9-10-22(29)27-15-12-20(13-16-27)17-26-21(28)11-14-25-23(30)31-24(2,3)4/h5-8,20H,9-17H2,1-4H3,(H,25,30)(H,26,28). The number of likely N-dealkylation sites (tertiary alicyclic amines) is 1. The highest BCUT2D eigenvalue weighted by molar-refractivity contribution is 5.77. The minimum atomic E-state index is -0.552. The Morgan fingerprint density at radius 2 is 1.68 bits per heavy atom. The molecule has 0 aromatic heterocycles. The summed E-state index contributed by atoms with van der Waals surface area (Å²) in [5.74, 6) is 0.493. The lowest BCUT2D eigenvalue weighted by atomic mass is 9.96. The third-order valence-electron chi connectivity index (χ3n) is 5.32. The number of amides is 3. The quantitative estimate of drug-likeness (QED) is 0.662. The van der Waals surface area contributed by atoms with Crippen molar-refractivity contribution in [1.82, 2.24) is 15.5 Å². The Kier molecular flexibility index (Phi) is 9.34. The van der Waals surface area contributed by atoms with Gasteiger partial charge in [-0.05, 0) is 58.4 Å². The molecule has 0 saturated carbocycles. The maximum atomic E-state index is 12.5. The van der Waals surface area contributed by atoms with Crippen molar-refractivity contribution in [3.63, 3.8) is 0 Å². The van der Waals surface area contributed by atoms with Crippen LogP contribution in [0.15, 0.2) is 24.3 Å². The average molecular weight is 432 g/mol. The van der Waals surface area contributed by atoms with Crippen molar-refractivity contribution in [3.8, 4) is 0 Å². The summed E-state index contributed by atoms with van der Waals surface area (Å²) in [6.45, 7) is 9.78. The van der Waals surface area contributed by atoms with Gasteiger partial charge in [0.2, 0.25) is 11.8 Å². The van der Waals surface area contributed by atoms with Crippen molar-refractivity contribution in [1.29, 1.82) is 0 Å². The van der Waals surface area contributed by atoms with Crippen LogP contribution in [0.25, 0.3) is 0 Å². The second kappa shape index (κ2) is 11.7. The fraction of sp³-hybridized carbons (Fsp3) is 0.625. The van der Waals surface area contributed by atoms with E-state index in [0.29, 0.717) is 18.9 Å². The van der Waals surface area contributed by atoms with Crippen LogP contribution in [0, 0.1) is 12.8 Å². The first-order chi connectivity index (χ1) is 14.6. The Labute approximate surface area is 185 Å². The second-order valence-corrected chi connectivity index (χ2v) is 9.29. The van der Waals surface area contributed by atoms with E-state index in [1.807, 2.05) is 4.90 Å². The van der Waals surface area contributed by atoms with Gasteiger partial charge < -0.3 is 20.3 Å². The lowest BCUT2D eigenvalue weighted by Crippen LogP contribution is -2.42. The molecule has 0 atom stereocenters. The van der Waals surface area contributed by atoms with Gasteiger partial charge in [0.25, 0.3) is 0 Å². The normalized spacial score (nSPS) is 14.8. The molecule has 2 N–H and O–H groups in total. The zero-order valence-electron chi connectivity index (χ0n) is 19.3. The molecule has 31 heavy (non-hydrogen) atoms. The number of rotatable bonds is 8. The van der Waals surface area contributed by atoms with Gasteiger partial charge in [-0.25, -0.2) is 4.79 Å². The lowest BCUT2D eigenvalue weighted by Gasteiger charge is -2.32. The van der Waals surface area contributed by atoms with Crippen LogP contribution >= 0.6 is 0 Å². The van der Waals surface area contributed by atoms with Crippen LogP contribution in [0.5, 0.6) is 0 Å². The Morgan fingerprint density at radius 3 is 2.29 bits per heavy atom. The molecule has 1 aromatic rings. The number of benzene rings is 1. The van der Waals surface area contributed by atoms with E-state index in [-0.39, 0.29) is 24.8 Å². The maximum Gasteiger partial charge on any atom is 0.407 e. The number of nitrogens with zero attached hydrogens (tertiary/aromatic N) is 1. The number of piperidine rings is 1. The van der Waals surface area contributed by atoms with Crippen LogP contribution in [-0.4, -0.2) is 54.6 Å². The number of aryl methyl sites for hydroxylation is 2. The molecular weight excluding hydrogens is 394 g/mol. The lowest BCUT2D eigenvalue weighted by molar-refractivity contribution is -0.132. The molecule has 0 radical (unpaired) electrons. The topological polar surface area (TPSA) is 87.7 Å². The zero-order valence-corrected chi connectivity index (χ0v) is 19.3. The van der Waals surface area contributed by atoms with Gasteiger partial charge in [-0.3, -0.25) is 9.59 Å². The van der Waals surface area contributed by atoms with Crippen LogP contribution in [0.3, 0.4) is 0 Å². The van der Waals surface area contributed by atoms with Crippen molar-refractivity contribution < 1.29 is 19.1 Å². The van der Waals surface area contributed by atoms with Gasteiger partial charge in [-0.2, -0.15) is 0 Å². The van der Waals surface area contributed by atoms with Gasteiger partial charge in [-0.15, -0.1) is 0 Å². The molecule has 0 bridgehead atoms. The van der Waals surface area contributed by atoms with E-state index in [1.54, 1.807) is 20.8 Å². The monoisotopic (exact) mass is 431 g/mol. The third kappa shape index (κ3) is 9.85. The number of alkyl carbamates (subject to hydrolysis) is 1. The zero-order chi connectivity index (χ0) is 22.9. The first-order valence-corrected chi connectivity index (χ1v) is 11.2. The smallest absolute Gasteiger partial charge is 0.407 e. The van der Waals surface area contributed by atoms with E-state index in [1.165, 1.54) is 11.1 Å². The molecule has 7 heteroatoms. The molecule has 7 nitrogen and oxygen atoms in total. The summed E-state index contributed by atoms with van der Waals surface area (Å²) in [5, 5.41) is 5.52. The molecule has 1 aliphatic heterocycles. The summed E-state index contributed by atoms with van der Waals surface area (Å²) >= 11 is 0. The second-order valence-electron chi connectivity index (χ2n) is 9.29. The van der Waals surface area contributed by atoms with Crippen molar-refractivity contribution >= 4 is 17.9 Å². The highest BCUT2D eigenvalue weighted by atomic mass is 16.6. The largest absolute Gasteiger partial charge is 0.444 e. The van der Waals surface area contributed by atoms with Crippen LogP contribution in [0.4, 0.5) is 4.79 Å². The highest BCUT2D eigenvalue weighted by Crippen LogP contribution is 2.18. The van der Waals surface area contributed by atoms with Crippen molar-refractivity contribution in [2.75, 3.05) is 26.2 Å². The molecule has 2 rings (SSSR count). The molecular formula is C24H37N3O4. The summed E-state index contributed by atoms with van der Waals surface area (Å²) in [4.78, 5) is 38.0. The molecule has 1 aliphatic rings. The highest BCUT2D eigenvalue weighted by Gasteiger charge is 2.23. The molecule has 172 valence electrons. The third-order valence-corrected chi connectivity index (χ3v) is 5.32. The summed E-state index contributed by atoms with van der Waals surface area (Å²) < 4.78 is 5.14. The Balaban J connectivity index is 1.57. The van der Waals surface area contributed by atoms with Crippen molar-refractivity contribution in [2.24, 2.45) is 5.92 Å². The van der Waals surface area contributed by atoms with E-state index < -0.39 is 11.7 Å². The van der Waals surface area contributed by atoms with Gasteiger partial charge in [0, 0.05) is 39.0 Å². The van der Waals surface area contributed by atoms with Gasteiger partial charge >= 0.3 is 6.09 Å².